The molecule has 2 heterocycles. The van der Waals surface area contributed by atoms with Gasteiger partial charge in [-0.1, -0.05) is 18.3 Å². The topological polar surface area (TPSA) is 47.6 Å². The van der Waals surface area contributed by atoms with Crippen LogP contribution in [-0.2, 0) is 25.4 Å². The second-order valence-electron chi connectivity index (χ2n) is 3.63. The minimum absolute atomic E-state index is 0.212. The molecule has 0 saturated carbocycles. The molecule has 2 aliphatic heterocycles. The van der Waals surface area contributed by atoms with Crippen LogP contribution in [0.4, 0.5) is 0 Å². The SMILES string of the molecule is O=C1NC(=S)S(=S)C1=Cc1ccc2c(c1)OCO2. The van der Waals surface area contributed by atoms with E-state index in [1.165, 1.54) is 0 Å². The van der Waals surface area contributed by atoms with Gasteiger partial charge in [-0.3, -0.25) is 4.79 Å². The van der Waals surface area contributed by atoms with Crippen LogP contribution in [0.1, 0.15) is 5.56 Å². The Morgan fingerprint density at radius 2 is 2.11 bits per heavy atom. The van der Waals surface area contributed by atoms with E-state index in [0.29, 0.717) is 20.7 Å². The van der Waals surface area contributed by atoms with E-state index in [0.717, 1.165) is 5.56 Å². The van der Waals surface area contributed by atoms with Crippen molar-refractivity contribution in [1.82, 2.24) is 5.32 Å². The summed E-state index contributed by atoms with van der Waals surface area (Å²) in [7, 11) is -0.741. The highest BCUT2D eigenvalue weighted by Gasteiger charge is 2.26. The number of nitrogens with one attached hydrogen (secondary N) is 1. The van der Waals surface area contributed by atoms with Gasteiger partial charge in [-0.05, 0) is 44.4 Å². The van der Waals surface area contributed by atoms with Crippen molar-refractivity contribution in [2.75, 3.05) is 6.79 Å². The lowest BCUT2D eigenvalue weighted by Crippen LogP contribution is -2.18. The molecule has 1 unspecified atom stereocenters. The van der Waals surface area contributed by atoms with E-state index < -0.39 is 9.45 Å². The number of carbonyl (C=O) groups excluding carboxylic acids is 1. The third-order valence-corrected chi connectivity index (χ3v) is 5.60. The number of benzene rings is 1. The summed E-state index contributed by atoms with van der Waals surface area (Å²) in [6.07, 6.45) is 1.74. The average molecular weight is 297 g/mol. The minimum Gasteiger partial charge on any atom is -0.454 e. The van der Waals surface area contributed by atoms with Crippen LogP contribution < -0.4 is 14.8 Å². The molecule has 1 aromatic carbocycles. The quantitative estimate of drug-likeness (QED) is 0.624. The van der Waals surface area contributed by atoms with Crippen molar-refractivity contribution in [2.45, 2.75) is 0 Å². The monoisotopic (exact) mass is 297 g/mol. The van der Waals surface area contributed by atoms with Crippen molar-refractivity contribution in [3.05, 3.63) is 28.7 Å². The lowest BCUT2D eigenvalue weighted by molar-refractivity contribution is -0.115. The normalized spacial score (nSPS) is 23.6. The van der Waals surface area contributed by atoms with E-state index in [2.05, 4.69) is 5.32 Å². The molecule has 92 valence electrons. The molecule has 4 nitrogen and oxygen atoms in total. The van der Waals surface area contributed by atoms with Gasteiger partial charge >= 0.3 is 0 Å². The third kappa shape index (κ3) is 1.94. The summed E-state index contributed by atoms with van der Waals surface area (Å²) in [6.45, 7) is 0.228. The number of ether oxygens (including phenoxy) is 2. The smallest absolute Gasteiger partial charge is 0.263 e. The summed E-state index contributed by atoms with van der Waals surface area (Å²) >= 11 is 10.2. The highest BCUT2D eigenvalue weighted by molar-refractivity contribution is 8.44. The summed E-state index contributed by atoms with van der Waals surface area (Å²) in [6, 6.07) is 5.47. The van der Waals surface area contributed by atoms with Gasteiger partial charge in [0, 0.05) is 0 Å². The van der Waals surface area contributed by atoms with Crippen molar-refractivity contribution in [3.8, 4) is 11.5 Å². The summed E-state index contributed by atoms with van der Waals surface area (Å²) in [5.41, 5.74) is 0.844. The standard InChI is InChI=1S/C11H7NO3S3/c13-10-9(18(17)11(16)12-10)4-6-1-2-7-8(3-6)15-5-14-7/h1-4H,5H2,(H,12,13,16). The maximum Gasteiger partial charge on any atom is 0.263 e. The third-order valence-electron chi connectivity index (χ3n) is 2.50. The number of rotatable bonds is 1. The second kappa shape index (κ2) is 4.42. The van der Waals surface area contributed by atoms with E-state index >= 15 is 0 Å². The Balaban J connectivity index is 1.99. The first kappa shape index (κ1) is 11.8. The van der Waals surface area contributed by atoms with Crippen LogP contribution in [0, 0.1) is 0 Å². The Kier molecular flexibility index (Phi) is 2.89. The first-order valence-corrected chi connectivity index (χ1v) is 7.59. The van der Waals surface area contributed by atoms with Crippen molar-refractivity contribution in [2.24, 2.45) is 0 Å². The lowest BCUT2D eigenvalue weighted by atomic mass is 10.2. The molecule has 1 amide bonds. The predicted molar refractivity (Wildman–Crippen MR) is 76.0 cm³/mol. The van der Waals surface area contributed by atoms with Crippen molar-refractivity contribution in [3.63, 3.8) is 0 Å². The number of fused-ring (bicyclic) bond motifs is 1. The zero-order valence-corrected chi connectivity index (χ0v) is 11.4. The molecule has 3 rings (SSSR count). The molecule has 1 atom stereocenters. The Morgan fingerprint density at radius 1 is 1.33 bits per heavy atom. The maximum atomic E-state index is 11.7. The van der Waals surface area contributed by atoms with Gasteiger partial charge in [-0.25, -0.2) is 0 Å². The van der Waals surface area contributed by atoms with E-state index in [9.17, 15) is 4.79 Å². The highest BCUT2D eigenvalue weighted by atomic mass is 32.8. The molecule has 1 saturated heterocycles. The number of amides is 1. The van der Waals surface area contributed by atoms with Gasteiger partial charge in [0.05, 0.1) is 4.91 Å². The van der Waals surface area contributed by atoms with E-state index in [1.807, 2.05) is 12.1 Å². The minimum atomic E-state index is -0.741. The van der Waals surface area contributed by atoms with Gasteiger partial charge in [0.1, 0.15) is 4.32 Å². The van der Waals surface area contributed by atoms with Crippen LogP contribution in [0.25, 0.3) is 6.08 Å². The fourth-order valence-corrected chi connectivity index (χ4v) is 3.36. The van der Waals surface area contributed by atoms with E-state index in [1.54, 1.807) is 12.1 Å². The van der Waals surface area contributed by atoms with Crippen LogP contribution in [0.5, 0.6) is 11.5 Å². The van der Waals surface area contributed by atoms with Gasteiger partial charge < -0.3 is 14.8 Å². The van der Waals surface area contributed by atoms with Crippen LogP contribution in [0.2, 0.25) is 0 Å². The van der Waals surface area contributed by atoms with Gasteiger partial charge in [0.15, 0.2) is 11.5 Å². The van der Waals surface area contributed by atoms with Crippen LogP contribution in [0.3, 0.4) is 0 Å². The molecule has 0 bridgehead atoms. The van der Waals surface area contributed by atoms with Crippen molar-refractivity contribution < 1.29 is 14.3 Å². The highest BCUT2D eigenvalue weighted by Crippen LogP contribution is 2.33. The number of thiocarbonyl (C=S) groups is 1. The number of hydrogen-bond donors (Lipinski definition) is 1. The van der Waals surface area contributed by atoms with Gasteiger partial charge in [-0.2, -0.15) is 0 Å². The van der Waals surface area contributed by atoms with Crippen molar-refractivity contribution in [1.29, 1.82) is 0 Å². The molecule has 1 N–H and O–H groups in total. The van der Waals surface area contributed by atoms with Gasteiger partial charge in [0.2, 0.25) is 6.79 Å². The Morgan fingerprint density at radius 3 is 2.83 bits per heavy atom. The molecule has 0 aliphatic carbocycles. The fourth-order valence-electron chi connectivity index (χ4n) is 1.66. The van der Waals surface area contributed by atoms with Gasteiger partial charge in [0.25, 0.3) is 5.91 Å². The Bertz CT molecular complexity index is 624. The molecular formula is C11H7NO3S3. The largest absolute Gasteiger partial charge is 0.454 e. The molecule has 0 aromatic heterocycles. The molecular weight excluding hydrogens is 290 g/mol. The fraction of sp³-hybridized carbons (Fsp3) is 0.0909. The average Bonchev–Trinajstić information content (AvgIpc) is 2.89. The Hall–Kier alpha value is -1.31. The Labute approximate surface area is 116 Å². The summed E-state index contributed by atoms with van der Waals surface area (Å²) < 4.78 is 10.9. The molecule has 1 aromatic rings. The zero-order valence-electron chi connectivity index (χ0n) is 8.97. The molecule has 0 radical (unpaired) electrons. The zero-order chi connectivity index (χ0) is 12.7. The molecule has 7 heteroatoms. The first-order valence-electron chi connectivity index (χ1n) is 5.03. The second-order valence-corrected chi connectivity index (χ2v) is 6.68. The summed E-state index contributed by atoms with van der Waals surface area (Å²) in [4.78, 5) is 12.2. The number of hydrogen-bond acceptors (Lipinski definition) is 5. The summed E-state index contributed by atoms with van der Waals surface area (Å²) in [5, 5.41) is 2.57. The lowest BCUT2D eigenvalue weighted by Gasteiger charge is -1.99. The van der Waals surface area contributed by atoms with Crippen LogP contribution >= 0.6 is 12.2 Å². The van der Waals surface area contributed by atoms with E-state index in [-0.39, 0.29) is 12.7 Å². The predicted octanol–water partition coefficient (Wildman–Crippen LogP) is 1.25. The van der Waals surface area contributed by atoms with Crippen LogP contribution in [-0.4, -0.2) is 17.0 Å². The van der Waals surface area contributed by atoms with Gasteiger partial charge in [-0.15, -0.1) is 0 Å². The summed E-state index contributed by atoms with van der Waals surface area (Å²) in [5.74, 6) is 1.17. The van der Waals surface area contributed by atoms with Crippen molar-refractivity contribution >= 4 is 49.2 Å². The van der Waals surface area contributed by atoms with E-state index in [4.69, 9.17) is 32.9 Å². The van der Waals surface area contributed by atoms with Crippen LogP contribution in [0.15, 0.2) is 23.1 Å². The molecule has 2 aliphatic rings. The molecule has 1 fully saturated rings. The molecule has 18 heavy (non-hydrogen) atoms. The first-order chi connectivity index (χ1) is 8.65. The molecule has 0 spiro atoms. The maximum absolute atomic E-state index is 11.7. The number of carbonyl (C=O) groups is 1.